The number of hydrogen-bond acceptors (Lipinski definition) is 3. The van der Waals surface area contributed by atoms with E-state index in [0.29, 0.717) is 18.3 Å². The van der Waals surface area contributed by atoms with Crippen LogP contribution in [-0.4, -0.2) is 44.0 Å². The predicted octanol–water partition coefficient (Wildman–Crippen LogP) is 2.70. The van der Waals surface area contributed by atoms with E-state index < -0.39 is 5.60 Å². The van der Waals surface area contributed by atoms with Gasteiger partial charge in [-0.25, -0.2) is 4.79 Å². The second-order valence-corrected chi connectivity index (χ2v) is 7.08. The molecule has 2 rings (SSSR count). The van der Waals surface area contributed by atoms with E-state index in [-0.39, 0.29) is 12.1 Å². The number of nitrogens with one attached hydrogen (secondary N) is 1. The number of aromatic nitrogens is 2. The number of aryl methyl sites for hydroxylation is 1. The summed E-state index contributed by atoms with van der Waals surface area (Å²) in [6, 6.07) is 1.49. The summed E-state index contributed by atoms with van der Waals surface area (Å²) in [5, 5.41) is 17.4. The SMILES string of the molecule is CC(C)CCn1ccc(NC(=O)N2CCCC2C(C)(C)O)n1. The number of urea groups is 1. The van der Waals surface area contributed by atoms with Crippen molar-refractivity contribution in [1.29, 1.82) is 0 Å². The van der Waals surface area contributed by atoms with Crippen LogP contribution in [-0.2, 0) is 6.54 Å². The third-order valence-corrected chi connectivity index (χ3v) is 4.14. The fraction of sp³-hybridized carbons (Fsp3) is 0.750. The molecule has 1 aromatic heterocycles. The van der Waals surface area contributed by atoms with E-state index in [1.54, 1.807) is 18.7 Å². The third kappa shape index (κ3) is 4.22. The molecular weight excluding hydrogens is 280 g/mol. The highest BCUT2D eigenvalue weighted by Crippen LogP contribution is 2.27. The summed E-state index contributed by atoms with van der Waals surface area (Å²) in [7, 11) is 0. The fourth-order valence-corrected chi connectivity index (χ4v) is 2.87. The van der Waals surface area contributed by atoms with Crippen LogP contribution in [0.5, 0.6) is 0 Å². The standard InChI is InChI=1S/C16H28N4O2/c1-12(2)7-10-19-11-8-14(18-19)17-15(21)20-9-5-6-13(20)16(3,4)22/h8,11-13,22H,5-7,9-10H2,1-4H3,(H,17,18,21). The summed E-state index contributed by atoms with van der Waals surface area (Å²) in [6.07, 6.45) is 4.70. The molecule has 2 heterocycles. The van der Waals surface area contributed by atoms with Gasteiger partial charge in [0.15, 0.2) is 5.82 Å². The van der Waals surface area contributed by atoms with Crippen LogP contribution in [0, 0.1) is 5.92 Å². The molecule has 6 nitrogen and oxygen atoms in total. The molecule has 0 bridgehead atoms. The maximum absolute atomic E-state index is 12.4. The Balaban J connectivity index is 1.94. The molecule has 1 aliphatic rings. The lowest BCUT2D eigenvalue weighted by molar-refractivity contribution is 0.0117. The molecule has 1 atom stereocenters. The van der Waals surface area contributed by atoms with Crippen LogP contribution in [0.15, 0.2) is 12.3 Å². The van der Waals surface area contributed by atoms with Crippen molar-refractivity contribution in [2.24, 2.45) is 5.92 Å². The van der Waals surface area contributed by atoms with Crippen molar-refractivity contribution in [3.63, 3.8) is 0 Å². The molecule has 2 N–H and O–H groups in total. The average Bonchev–Trinajstić information content (AvgIpc) is 3.04. The van der Waals surface area contributed by atoms with Gasteiger partial charge in [0.2, 0.25) is 0 Å². The van der Waals surface area contributed by atoms with Gasteiger partial charge >= 0.3 is 6.03 Å². The largest absolute Gasteiger partial charge is 0.388 e. The Bertz CT molecular complexity index is 504. The van der Waals surface area contributed by atoms with Gasteiger partial charge in [0.05, 0.1) is 11.6 Å². The molecule has 6 heteroatoms. The maximum Gasteiger partial charge on any atom is 0.323 e. The first-order chi connectivity index (χ1) is 10.3. The normalized spacial score (nSPS) is 19.0. The van der Waals surface area contributed by atoms with E-state index in [2.05, 4.69) is 24.3 Å². The van der Waals surface area contributed by atoms with Gasteiger partial charge in [-0.3, -0.25) is 10.00 Å². The van der Waals surface area contributed by atoms with Crippen LogP contribution in [0.25, 0.3) is 0 Å². The Morgan fingerprint density at radius 3 is 2.91 bits per heavy atom. The van der Waals surface area contributed by atoms with E-state index in [4.69, 9.17) is 0 Å². The third-order valence-electron chi connectivity index (χ3n) is 4.14. The Labute approximate surface area is 132 Å². The van der Waals surface area contributed by atoms with Crippen molar-refractivity contribution in [2.75, 3.05) is 11.9 Å². The molecule has 0 aliphatic carbocycles. The number of carbonyl (C=O) groups is 1. The van der Waals surface area contributed by atoms with E-state index >= 15 is 0 Å². The maximum atomic E-state index is 12.4. The van der Waals surface area contributed by atoms with E-state index in [1.807, 2.05) is 16.9 Å². The number of likely N-dealkylation sites (tertiary alicyclic amines) is 1. The number of rotatable bonds is 5. The number of aliphatic hydroxyl groups is 1. The Kier molecular flexibility index (Phi) is 5.11. The summed E-state index contributed by atoms with van der Waals surface area (Å²) in [6.45, 7) is 9.39. The second kappa shape index (κ2) is 6.69. The summed E-state index contributed by atoms with van der Waals surface area (Å²) in [5.74, 6) is 1.19. The topological polar surface area (TPSA) is 70.4 Å². The summed E-state index contributed by atoms with van der Waals surface area (Å²) in [5.41, 5.74) is -0.884. The van der Waals surface area contributed by atoms with Gasteiger partial charge in [-0.1, -0.05) is 13.8 Å². The second-order valence-electron chi connectivity index (χ2n) is 7.08. The minimum absolute atomic E-state index is 0.143. The zero-order valence-electron chi connectivity index (χ0n) is 14.0. The van der Waals surface area contributed by atoms with Crippen molar-refractivity contribution >= 4 is 11.8 Å². The van der Waals surface area contributed by atoms with Crippen molar-refractivity contribution in [1.82, 2.24) is 14.7 Å². The molecule has 0 saturated carbocycles. The first-order valence-corrected chi connectivity index (χ1v) is 8.11. The highest BCUT2D eigenvalue weighted by molar-refractivity contribution is 5.88. The smallest absolute Gasteiger partial charge is 0.323 e. The molecule has 1 fully saturated rings. The summed E-state index contributed by atoms with van der Waals surface area (Å²) < 4.78 is 1.85. The molecule has 1 aromatic rings. The Morgan fingerprint density at radius 1 is 1.55 bits per heavy atom. The lowest BCUT2D eigenvalue weighted by Crippen LogP contribution is -2.49. The van der Waals surface area contributed by atoms with Gasteiger partial charge in [-0.05, 0) is 39.0 Å². The van der Waals surface area contributed by atoms with Crippen LogP contribution in [0.1, 0.15) is 47.0 Å². The quantitative estimate of drug-likeness (QED) is 0.878. The summed E-state index contributed by atoms with van der Waals surface area (Å²) in [4.78, 5) is 14.1. The van der Waals surface area contributed by atoms with Crippen molar-refractivity contribution in [3.05, 3.63) is 12.3 Å². The molecule has 1 aliphatic heterocycles. The van der Waals surface area contributed by atoms with E-state index in [0.717, 1.165) is 25.8 Å². The summed E-state index contributed by atoms with van der Waals surface area (Å²) >= 11 is 0. The lowest BCUT2D eigenvalue weighted by Gasteiger charge is -2.33. The van der Waals surface area contributed by atoms with Crippen molar-refractivity contribution in [3.8, 4) is 0 Å². The molecule has 0 spiro atoms. The zero-order valence-corrected chi connectivity index (χ0v) is 14.0. The number of nitrogens with zero attached hydrogens (tertiary/aromatic N) is 3. The van der Waals surface area contributed by atoms with E-state index in [9.17, 15) is 9.90 Å². The Hall–Kier alpha value is -1.56. The molecule has 1 unspecified atom stereocenters. The number of anilines is 1. The lowest BCUT2D eigenvalue weighted by atomic mass is 9.97. The fourth-order valence-electron chi connectivity index (χ4n) is 2.87. The first kappa shape index (κ1) is 16.8. The highest BCUT2D eigenvalue weighted by atomic mass is 16.3. The predicted molar refractivity (Wildman–Crippen MR) is 86.7 cm³/mol. The van der Waals surface area contributed by atoms with Crippen LogP contribution in [0.2, 0.25) is 0 Å². The first-order valence-electron chi connectivity index (χ1n) is 8.11. The van der Waals surface area contributed by atoms with Crippen molar-refractivity contribution < 1.29 is 9.90 Å². The van der Waals surface area contributed by atoms with Gasteiger partial charge in [0, 0.05) is 25.4 Å². The van der Waals surface area contributed by atoms with Gasteiger partial charge in [0.25, 0.3) is 0 Å². The molecule has 1 saturated heterocycles. The number of hydrogen-bond donors (Lipinski definition) is 2. The average molecular weight is 308 g/mol. The molecule has 124 valence electrons. The van der Waals surface area contributed by atoms with Crippen LogP contribution >= 0.6 is 0 Å². The van der Waals surface area contributed by atoms with Gasteiger partial charge in [0.1, 0.15) is 0 Å². The van der Waals surface area contributed by atoms with Crippen LogP contribution in [0.4, 0.5) is 10.6 Å². The minimum atomic E-state index is -0.884. The molecule has 0 radical (unpaired) electrons. The molecule has 2 amide bonds. The Morgan fingerprint density at radius 2 is 2.27 bits per heavy atom. The van der Waals surface area contributed by atoms with Gasteiger partial charge < -0.3 is 10.0 Å². The zero-order chi connectivity index (χ0) is 16.3. The molecule has 22 heavy (non-hydrogen) atoms. The number of amides is 2. The van der Waals surface area contributed by atoms with Crippen LogP contribution < -0.4 is 5.32 Å². The van der Waals surface area contributed by atoms with Gasteiger partial charge in [-0.2, -0.15) is 5.10 Å². The molecule has 0 aromatic carbocycles. The highest BCUT2D eigenvalue weighted by Gasteiger charge is 2.38. The molecular formula is C16H28N4O2. The van der Waals surface area contributed by atoms with Gasteiger partial charge in [-0.15, -0.1) is 0 Å². The van der Waals surface area contributed by atoms with Crippen molar-refractivity contribution in [2.45, 2.75) is 65.1 Å². The number of carbonyl (C=O) groups excluding carboxylic acids is 1. The monoisotopic (exact) mass is 308 g/mol. The minimum Gasteiger partial charge on any atom is -0.388 e. The van der Waals surface area contributed by atoms with Crippen LogP contribution in [0.3, 0.4) is 0 Å². The van der Waals surface area contributed by atoms with E-state index in [1.165, 1.54) is 0 Å².